The fraction of sp³-hybridized carbons (Fsp3) is 0.333. The summed E-state index contributed by atoms with van der Waals surface area (Å²) < 4.78 is 8.00. The molecule has 3 aromatic rings. The number of imide groups is 1. The number of aryl methyl sites for hydroxylation is 1. The van der Waals surface area contributed by atoms with Crippen LogP contribution in [0.1, 0.15) is 36.7 Å². The van der Waals surface area contributed by atoms with Gasteiger partial charge in [-0.1, -0.05) is 61.2 Å². The van der Waals surface area contributed by atoms with Crippen LogP contribution in [-0.2, 0) is 29.2 Å². The molecule has 0 atom stereocenters. The zero-order valence-corrected chi connectivity index (χ0v) is 18.9. The third-order valence-electron chi connectivity index (χ3n) is 5.38. The number of ether oxygens (including phenoxy) is 1. The monoisotopic (exact) mass is 450 g/mol. The Morgan fingerprint density at radius 1 is 0.938 bits per heavy atom. The SMILES string of the molecule is CCc1ccc(OCc2nnc(SCCN3C(=O)CCC3=O)n2Cc2ccccc2)cc1. The van der Waals surface area contributed by atoms with Gasteiger partial charge in [-0.15, -0.1) is 10.2 Å². The van der Waals surface area contributed by atoms with Crippen molar-refractivity contribution in [2.24, 2.45) is 0 Å². The number of aromatic nitrogens is 3. The Kier molecular flexibility index (Phi) is 7.21. The largest absolute Gasteiger partial charge is 0.486 e. The summed E-state index contributed by atoms with van der Waals surface area (Å²) in [5.74, 6) is 1.90. The van der Waals surface area contributed by atoms with Gasteiger partial charge < -0.3 is 4.74 Å². The molecule has 0 bridgehead atoms. The first-order valence-corrected chi connectivity index (χ1v) is 11.8. The summed E-state index contributed by atoms with van der Waals surface area (Å²) in [4.78, 5) is 25.0. The summed E-state index contributed by atoms with van der Waals surface area (Å²) >= 11 is 1.49. The minimum absolute atomic E-state index is 0.0930. The van der Waals surface area contributed by atoms with E-state index in [1.807, 2.05) is 34.9 Å². The van der Waals surface area contributed by atoms with E-state index < -0.39 is 0 Å². The van der Waals surface area contributed by atoms with Crippen molar-refractivity contribution in [1.29, 1.82) is 0 Å². The topological polar surface area (TPSA) is 77.3 Å². The lowest BCUT2D eigenvalue weighted by atomic mass is 10.2. The van der Waals surface area contributed by atoms with E-state index in [-0.39, 0.29) is 11.8 Å². The Bertz CT molecular complexity index is 1050. The Hall–Kier alpha value is -3.13. The van der Waals surface area contributed by atoms with E-state index in [4.69, 9.17) is 4.74 Å². The van der Waals surface area contributed by atoms with Crippen molar-refractivity contribution in [3.05, 3.63) is 71.5 Å². The standard InChI is InChI=1S/C24H26N4O3S/c1-2-18-8-10-20(11-9-18)31-17-21-25-26-24(28(21)16-19-6-4-3-5-7-19)32-15-14-27-22(29)12-13-23(27)30/h3-11H,2,12-17H2,1H3. The number of nitrogens with zero attached hydrogens (tertiary/aromatic N) is 4. The maximum Gasteiger partial charge on any atom is 0.229 e. The van der Waals surface area contributed by atoms with Gasteiger partial charge in [-0.25, -0.2) is 0 Å². The molecule has 0 radical (unpaired) electrons. The number of benzene rings is 2. The predicted molar refractivity (Wildman–Crippen MR) is 122 cm³/mol. The second kappa shape index (κ2) is 10.5. The van der Waals surface area contributed by atoms with Gasteiger partial charge in [0.2, 0.25) is 11.8 Å². The average molecular weight is 451 g/mol. The van der Waals surface area contributed by atoms with Crippen molar-refractivity contribution < 1.29 is 14.3 Å². The maximum atomic E-state index is 11.8. The molecule has 4 rings (SSSR count). The molecule has 1 aliphatic heterocycles. The lowest BCUT2D eigenvalue weighted by molar-refractivity contribution is -0.137. The number of carbonyl (C=O) groups is 2. The molecule has 0 saturated carbocycles. The number of thioether (sulfide) groups is 1. The average Bonchev–Trinajstić information content (AvgIpc) is 3.36. The van der Waals surface area contributed by atoms with Crippen LogP contribution in [-0.4, -0.2) is 43.8 Å². The molecule has 32 heavy (non-hydrogen) atoms. The normalized spacial score (nSPS) is 13.7. The Labute approximate surface area is 191 Å². The van der Waals surface area contributed by atoms with E-state index in [1.165, 1.54) is 22.2 Å². The molecule has 0 unspecified atom stereocenters. The van der Waals surface area contributed by atoms with Crippen LogP contribution in [0.5, 0.6) is 5.75 Å². The lowest BCUT2D eigenvalue weighted by Gasteiger charge is -2.14. The summed E-state index contributed by atoms with van der Waals surface area (Å²) in [6.45, 7) is 3.42. The number of hydrogen-bond donors (Lipinski definition) is 0. The highest BCUT2D eigenvalue weighted by molar-refractivity contribution is 7.99. The first-order chi connectivity index (χ1) is 15.6. The Morgan fingerprint density at radius 2 is 1.66 bits per heavy atom. The summed E-state index contributed by atoms with van der Waals surface area (Å²) in [5.41, 5.74) is 2.39. The molecule has 0 aliphatic carbocycles. The zero-order valence-electron chi connectivity index (χ0n) is 18.1. The highest BCUT2D eigenvalue weighted by atomic mass is 32.2. The molecular weight excluding hydrogens is 424 g/mol. The van der Waals surface area contributed by atoms with Gasteiger partial charge >= 0.3 is 0 Å². The van der Waals surface area contributed by atoms with Gasteiger partial charge in [-0.05, 0) is 29.7 Å². The molecule has 1 aliphatic rings. The van der Waals surface area contributed by atoms with Crippen LogP contribution in [0.25, 0.3) is 0 Å². The molecular formula is C24H26N4O3S. The number of hydrogen-bond acceptors (Lipinski definition) is 6. The number of amides is 2. The highest BCUT2D eigenvalue weighted by Crippen LogP contribution is 2.22. The van der Waals surface area contributed by atoms with Gasteiger partial charge in [0.15, 0.2) is 11.0 Å². The molecule has 1 fully saturated rings. The van der Waals surface area contributed by atoms with Crippen LogP contribution in [0.4, 0.5) is 0 Å². The molecule has 1 saturated heterocycles. The molecule has 0 spiro atoms. The van der Waals surface area contributed by atoms with Gasteiger partial charge in [-0.2, -0.15) is 0 Å². The first-order valence-electron chi connectivity index (χ1n) is 10.8. The van der Waals surface area contributed by atoms with E-state index in [2.05, 4.69) is 41.4 Å². The smallest absolute Gasteiger partial charge is 0.229 e. The zero-order chi connectivity index (χ0) is 22.3. The molecule has 166 valence electrons. The maximum absolute atomic E-state index is 11.8. The highest BCUT2D eigenvalue weighted by Gasteiger charge is 2.28. The molecule has 8 heteroatoms. The van der Waals surface area contributed by atoms with Gasteiger partial charge in [0.25, 0.3) is 0 Å². The number of likely N-dealkylation sites (tertiary alicyclic amines) is 1. The first kappa shape index (κ1) is 22.1. The van der Waals surface area contributed by atoms with E-state index in [0.717, 1.165) is 28.7 Å². The van der Waals surface area contributed by atoms with Crippen molar-refractivity contribution in [3.63, 3.8) is 0 Å². The van der Waals surface area contributed by atoms with E-state index in [0.29, 0.717) is 38.3 Å². The van der Waals surface area contributed by atoms with Crippen LogP contribution in [0.2, 0.25) is 0 Å². The minimum atomic E-state index is -0.0930. The third-order valence-corrected chi connectivity index (χ3v) is 6.32. The second-order valence-corrected chi connectivity index (χ2v) is 8.61. The molecule has 2 aromatic carbocycles. The van der Waals surface area contributed by atoms with Crippen LogP contribution < -0.4 is 4.74 Å². The second-order valence-electron chi connectivity index (χ2n) is 7.54. The minimum Gasteiger partial charge on any atom is -0.486 e. The van der Waals surface area contributed by atoms with Gasteiger partial charge in [0, 0.05) is 25.1 Å². The molecule has 2 amide bonds. The summed E-state index contributed by atoms with van der Waals surface area (Å²) in [6, 6.07) is 18.2. The van der Waals surface area contributed by atoms with Crippen LogP contribution >= 0.6 is 11.8 Å². The van der Waals surface area contributed by atoms with E-state index in [1.54, 1.807) is 0 Å². The van der Waals surface area contributed by atoms with E-state index in [9.17, 15) is 9.59 Å². The molecule has 0 N–H and O–H groups in total. The van der Waals surface area contributed by atoms with Crippen LogP contribution in [0.3, 0.4) is 0 Å². The summed E-state index contributed by atoms with van der Waals surface area (Å²) in [5, 5.41) is 9.47. The molecule has 1 aromatic heterocycles. The summed E-state index contributed by atoms with van der Waals surface area (Å²) in [7, 11) is 0. The molecule has 2 heterocycles. The van der Waals surface area contributed by atoms with Crippen molar-refractivity contribution in [2.45, 2.75) is 44.5 Å². The molecule has 7 nitrogen and oxygen atoms in total. The quantitative estimate of drug-likeness (QED) is 0.346. The fourth-order valence-corrected chi connectivity index (χ4v) is 4.41. The van der Waals surface area contributed by atoms with Gasteiger partial charge in [0.05, 0.1) is 6.54 Å². The van der Waals surface area contributed by atoms with Crippen LogP contribution in [0, 0.1) is 0 Å². The van der Waals surface area contributed by atoms with Crippen molar-refractivity contribution in [2.75, 3.05) is 12.3 Å². The van der Waals surface area contributed by atoms with Gasteiger partial charge in [0.1, 0.15) is 12.4 Å². The third kappa shape index (κ3) is 5.37. The van der Waals surface area contributed by atoms with E-state index >= 15 is 0 Å². The van der Waals surface area contributed by atoms with Crippen LogP contribution in [0.15, 0.2) is 59.8 Å². The predicted octanol–water partition coefficient (Wildman–Crippen LogP) is 3.71. The number of rotatable bonds is 10. The number of carbonyl (C=O) groups excluding carboxylic acids is 2. The fourth-order valence-electron chi connectivity index (χ4n) is 3.53. The van der Waals surface area contributed by atoms with Crippen molar-refractivity contribution >= 4 is 23.6 Å². The van der Waals surface area contributed by atoms with Crippen molar-refractivity contribution in [3.8, 4) is 5.75 Å². The van der Waals surface area contributed by atoms with Crippen molar-refractivity contribution in [1.82, 2.24) is 19.7 Å². The Morgan fingerprint density at radius 3 is 2.34 bits per heavy atom. The van der Waals surface area contributed by atoms with Gasteiger partial charge in [-0.3, -0.25) is 19.1 Å². The Balaban J connectivity index is 1.46. The lowest BCUT2D eigenvalue weighted by Crippen LogP contribution is -2.31. The summed E-state index contributed by atoms with van der Waals surface area (Å²) in [6.07, 6.45) is 1.61.